The van der Waals surface area contributed by atoms with Gasteiger partial charge in [-0.3, -0.25) is 0 Å². The van der Waals surface area contributed by atoms with E-state index in [2.05, 4.69) is 171 Å². The lowest BCUT2D eigenvalue weighted by Crippen LogP contribution is -2.11. The largest absolute Gasteiger partial charge is 0.416 e. The second-order valence-corrected chi connectivity index (χ2v) is 11.9. The van der Waals surface area contributed by atoms with Gasteiger partial charge in [-0.05, 0) is 84.4 Å². The van der Waals surface area contributed by atoms with Gasteiger partial charge in [0.05, 0.1) is 16.7 Å². The molecule has 0 spiro atoms. The molecule has 9 aromatic rings. The van der Waals surface area contributed by atoms with Crippen LogP contribution in [0, 0.1) is 0 Å². The summed E-state index contributed by atoms with van der Waals surface area (Å²) in [5, 5.41) is 11.1. The van der Waals surface area contributed by atoms with Crippen LogP contribution in [0.3, 0.4) is 0 Å². The van der Waals surface area contributed by atoms with Gasteiger partial charge in [-0.1, -0.05) is 103 Å². The quantitative estimate of drug-likeness (QED) is 0.176. The van der Waals surface area contributed by atoms with E-state index < -0.39 is 0 Å². The number of para-hydroxylation sites is 3. The molecular weight excluding hydrogens is 601 g/mol. The first-order valence-corrected chi connectivity index (χ1v) is 16.3. The van der Waals surface area contributed by atoms with Crippen LogP contribution in [0.2, 0.25) is 0 Å². The number of aromatic nitrogens is 3. The summed E-state index contributed by atoms with van der Waals surface area (Å²) < 4.78 is 8.44. The zero-order valence-electron chi connectivity index (χ0n) is 26.5. The lowest BCUT2D eigenvalue weighted by molar-refractivity contribution is 0.584. The summed E-state index contributed by atoms with van der Waals surface area (Å²) in [6, 6.07) is 63.3. The lowest BCUT2D eigenvalue weighted by atomic mass is 10.0. The Kier molecular flexibility index (Phi) is 7.06. The molecule has 49 heavy (non-hydrogen) atoms. The second kappa shape index (κ2) is 12.1. The normalized spacial score (nSPS) is 11.3. The van der Waals surface area contributed by atoms with Crippen LogP contribution in [-0.2, 0) is 0 Å². The van der Waals surface area contributed by atoms with Crippen molar-refractivity contribution in [2.75, 3.05) is 4.90 Å². The third-order valence-electron chi connectivity index (χ3n) is 8.98. The van der Waals surface area contributed by atoms with Gasteiger partial charge in [0.1, 0.15) is 0 Å². The fraction of sp³-hybridized carbons (Fsp3) is 0. The molecule has 2 aromatic heterocycles. The fourth-order valence-corrected chi connectivity index (χ4v) is 6.70. The molecule has 9 rings (SSSR count). The lowest BCUT2D eigenvalue weighted by Gasteiger charge is -2.28. The van der Waals surface area contributed by atoms with Crippen LogP contribution in [0.1, 0.15) is 0 Å². The molecule has 0 aliphatic heterocycles. The van der Waals surface area contributed by atoms with Crippen LogP contribution >= 0.6 is 0 Å². The van der Waals surface area contributed by atoms with Gasteiger partial charge >= 0.3 is 0 Å². The van der Waals surface area contributed by atoms with Crippen molar-refractivity contribution in [3.8, 4) is 39.7 Å². The molecule has 2 heterocycles. The minimum absolute atomic E-state index is 0.483. The molecule has 0 radical (unpaired) electrons. The minimum Gasteiger partial charge on any atom is -0.416 e. The van der Waals surface area contributed by atoms with Crippen LogP contribution in [0.5, 0.6) is 0 Å². The molecule has 0 saturated heterocycles. The second-order valence-electron chi connectivity index (χ2n) is 11.9. The van der Waals surface area contributed by atoms with Gasteiger partial charge in [0.15, 0.2) is 0 Å². The molecule has 0 atom stereocenters. The maximum absolute atomic E-state index is 6.09. The number of fused-ring (bicyclic) bond motifs is 3. The molecular formula is C44H30N4O. The first-order chi connectivity index (χ1) is 24.3. The Morgan fingerprint density at radius 3 is 1.71 bits per heavy atom. The minimum atomic E-state index is 0.483. The van der Waals surface area contributed by atoms with Crippen molar-refractivity contribution in [3.63, 3.8) is 0 Å². The Hall–Kier alpha value is -6.72. The molecule has 5 nitrogen and oxygen atoms in total. The molecule has 0 saturated carbocycles. The summed E-state index contributed by atoms with van der Waals surface area (Å²) in [5.41, 5.74) is 10.7. The summed E-state index contributed by atoms with van der Waals surface area (Å²) in [6.45, 7) is 0. The molecule has 7 aromatic carbocycles. The van der Waals surface area contributed by atoms with Gasteiger partial charge in [0, 0.05) is 44.5 Å². The molecule has 5 heteroatoms. The Bertz CT molecular complexity index is 2540. The third kappa shape index (κ3) is 5.14. The smallest absolute Gasteiger partial charge is 0.248 e. The van der Waals surface area contributed by atoms with Crippen molar-refractivity contribution in [2.24, 2.45) is 0 Å². The number of rotatable bonds is 7. The average molecular weight is 631 g/mol. The molecule has 0 amide bonds. The van der Waals surface area contributed by atoms with E-state index in [9.17, 15) is 0 Å². The number of benzene rings is 7. The summed E-state index contributed by atoms with van der Waals surface area (Å²) in [6.07, 6.45) is 0. The summed E-state index contributed by atoms with van der Waals surface area (Å²) >= 11 is 0. The van der Waals surface area contributed by atoms with E-state index in [0.29, 0.717) is 11.8 Å². The highest BCUT2D eigenvalue weighted by Crippen LogP contribution is 2.43. The number of hydrogen-bond acceptors (Lipinski definition) is 4. The Morgan fingerprint density at radius 2 is 0.980 bits per heavy atom. The van der Waals surface area contributed by atoms with Crippen LogP contribution in [0.4, 0.5) is 17.1 Å². The van der Waals surface area contributed by atoms with Crippen molar-refractivity contribution in [1.29, 1.82) is 0 Å². The number of hydrogen-bond donors (Lipinski definition) is 0. The van der Waals surface area contributed by atoms with Crippen molar-refractivity contribution in [2.45, 2.75) is 0 Å². The summed E-state index contributed by atoms with van der Waals surface area (Å²) in [7, 11) is 0. The first kappa shape index (κ1) is 28.5. The summed E-state index contributed by atoms with van der Waals surface area (Å²) in [5.74, 6) is 0.984. The van der Waals surface area contributed by atoms with Gasteiger partial charge < -0.3 is 13.9 Å². The predicted molar refractivity (Wildman–Crippen MR) is 200 cm³/mol. The maximum atomic E-state index is 6.09. The van der Waals surface area contributed by atoms with E-state index in [-0.39, 0.29) is 0 Å². The highest BCUT2D eigenvalue weighted by molar-refractivity contribution is 6.11. The van der Waals surface area contributed by atoms with Gasteiger partial charge in [0.25, 0.3) is 0 Å². The van der Waals surface area contributed by atoms with Crippen LogP contribution < -0.4 is 4.90 Å². The molecule has 0 aliphatic rings. The van der Waals surface area contributed by atoms with Crippen molar-refractivity contribution < 1.29 is 4.42 Å². The SMILES string of the molecule is c1ccc(-c2nnc(-c3ccc(N(c4ccc5c(c4)c4ccccc4n5-c4ccccc4)c4ccccc4-c4ccccc4)cc3)o2)cc1. The van der Waals surface area contributed by atoms with Crippen molar-refractivity contribution in [3.05, 3.63) is 182 Å². The first-order valence-electron chi connectivity index (χ1n) is 16.3. The molecule has 0 unspecified atom stereocenters. The maximum Gasteiger partial charge on any atom is 0.248 e. The van der Waals surface area contributed by atoms with Crippen LogP contribution in [0.15, 0.2) is 186 Å². The van der Waals surface area contributed by atoms with E-state index in [1.165, 1.54) is 16.3 Å². The van der Waals surface area contributed by atoms with E-state index in [1.54, 1.807) is 0 Å². The Labute approximate surface area is 284 Å². The zero-order valence-corrected chi connectivity index (χ0v) is 26.5. The monoisotopic (exact) mass is 630 g/mol. The predicted octanol–water partition coefficient (Wildman–Crippen LogP) is 11.6. The molecule has 0 bridgehead atoms. The standard InChI is InChI=1S/C44H30N4O/c1-4-14-31(15-5-1)37-20-10-12-22-40(37)47(35-26-24-33(25-27-35)44-46-45-43(49-44)32-16-6-2-7-17-32)36-28-29-42-39(30-36)38-21-11-13-23-41(38)48(42)34-18-8-3-9-19-34/h1-30H. The average Bonchev–Trinajstić information content (AvgIpc) is 3.80. The van der Waals surface area contributed by atoms with Gasteiger partial charge in [-0.25, -0.2) is 0 Å². The molecule has 0 fully saturated rings. The highest BCUT2D eigenvalue weighted by atomic mass is 16.4. The number of anilines is 3. The van der Waals surface area contributed by atoms with Crippen LogP contribution in [0.25, 0.3) is 61.5 Å². The van der Waals surface area contributed by atoms with E-state index in [0.717, 1.165) is 50.5 Å². The molecule has 232 valence electrons. The molecule has 0 aliphatic carbocycles. The summed E-state index contributed by atoms with van der Waals surface area (Å²) in [4.78, 5) is 2.34. The van der Waals surface area contributed by atoms with Crippen molar-refractivity contribution >= 4 is 38.9 Å². The Morgan fingerprint density at radius 1 is 0.429 bits per heavy atom. The molecule has 0 N–H and O–H groups in total. The third-order valence-corrected chi connectivity index (χ3v) is 8.98. The number of nitrogens with zero attached hydrogens (tertiary/aromatic N) is 4. The zero-order chi connectivity index (χ0) is 32.6. The highest BCUT2D eigenvalue weighted by Gasteiger charge is 2.20. The van der Waals surface area contributed by atoms with E-state index in [1.807, 2.05) is 30.3 Å². The van der Waals surface area contributed by atoms with Crippen molar-refractivity contribution in [1.82, 2.24) is 14.8 Å². The Balaban J connectivity index is 1.21. The fourth-order valence-electron chi connectivity index (χ4n) is 6.70. The van der Waals surface area contributed by atoms with Crippen LogP contribution in [-0.4, -0.2) is 14.8 Å². The topological polar surface area (TPSA) is 47.1 Å². The van der Waals surface area contributed by atoms with Gasteiger partial charge in [0.2, 0.25) is 11.8 Å². The van der Waals surface area contributed by atoms with Gasteiger partial charge in [-0.2, -0.15) is 0 Å². The van der Waals surface area contributed by atoms with Gasteiger partial charge in [-0.15, -0.1) is 10.2 Å². The van der Waals surface area contributed by atoms with E-state index >= 15 is 0 Å². The van der Waals surface area contributed by atoms with E-state index in [4.69, 9.17) is 4.42 Å².